The number of nitrogens with zero attached hydrogens (tertiary/aromatic N) is 3. The number of halogens is 1. The average Bonchev–Trinajstić information content (AvgIpc) is 2.95. The molecule has 2 aliphatic carbocycles. The summed E-state index contributed by atoms with van der Waals surface area (Å²) in [5.41, 5.74) is 1.75. The van der Waals surface area contributed by atoms with Crippen LogP contribution in [0.5, 0.6) is 0 Å². The maximum Gasteiger partial charge on any atom is 0.229 e. The van der Waals surface area contributed by atoms with Crippen molar-refractivity contribution in [2.24, 2.45) is 11.3 Å². The van der Waals surface area contributed by atoms with Crippen LogP contribution in [0.25, 0.3) is 11.2 Å². The first-order valence-corrected chi connectivity index (χ1v) is 10.0. The predicted molar refractivity (Wildman–Crippen MR) is 104 cm³/mol. The van der Waals surface area contributed by atoms with Gasteiger partial charge in [-0.1, -0.05) is 11.6 Å². The van der Waals surface area contributed by atoms with Crippen molar-refractivity contribution in [1.29, 1.82) is 0 Å². The van der Waals surface area contributed by atoms with Gasteiger partial charge in [0.25, 0.3) is 0 Å². The molecule has 0 radical (unpaired) electrons. The van der Waals surface area contributed by atoms with Gasteiger partial charge in [-0.15, -0.1) is 0 Å². The summed E-state index contributed by atoms with van der Waals surface area (Å²) in [6, 6.07) is 1.70. The standard InChI is InChI=1S/C19H24ClN5O3/c1-5-22-10-6-11(20)24-16-12(10)23-8-25(16)13-9-7-19(9,17(26)21-4)15-14(13)27-18(2,3)28-15/h6,8-9,13-15H,5,7H2,1-4H3,(H,21,26)(H,22,24)/t9-,13-,14+,15+,19+/m1/s1. The Morgan fingerprint density at radius 2 is 2.21 bits per heavy atom. The third-order valence-corrected chi connectivity index (χ3v) is 6.48. The number of imidazole rings is 1. The van der Waals surface area contributed by atoms with Crippen LogP contribution in [0.4, 0.5) is 5.69 Å². The first-order valence-electron chi connectivity index (χ1n) is 9.67. The van der Waals surface area contributed by atoms with Gasteiger partial charge in [0.2, 0.25) is 5.91 Å². The Morgan fingerprint density at radius 3 is 2.93 bits per heavy atom. The lowest BCUT2D eigenvalue weighted by molar-refractivity contribution is -0.164. The number of carbonyl (C=O) groups is 1. The zero-order valence-electron chi connectivity index (χ0n) is 16.3. The molecule has 5 rings (SSSR count). The lowest BCUT2D eigenvalue weighted by Crippen LogP contribution is -2.40. The van der Waals surface area contributed by atoms with Gasteiger partial charge in [0.15, 0.2) is 11.4 Å². The number of hydrogen-bond acceptors (Lipinski definition) is 6. The highest BCUT2D eigenvalue weighted by Crippen LogP contribution is 2.71. The van der Waals surface area contributed by atoms with Gasteiger partial charge in [0.1, 0.15) is 22.9 Å². The molecule has 2 N–H and O–H groups in total. The number of hydrogen-bond donors (Lipinski definition) is 2. The Morgan fingerprint density at radius 1 is 1.43 bits per heavy atom. The average molecular weight is 406 g/mol. The fraction of sp³-hybridized carbons (Fsp3) is 0.632. The minimum absolute atomic E-state index is 0.0139. The molecule has 3 heterocycles. The molecule has 5 atom stereocenters. The maximum atomic E-state index is 12.8. The van der Waals surface area contributed by atoms with E-state index in [9.17, 15) is 4.79 Å². The fourth-order valence-electron chi connectivity index (χ4n) is 5.22. The second-order valence-electron chi connectivity index (χ2n) is 8.29. The molecule has 2 saturated carbocycles. The highest BCUT2D eigenvalue weighted by molar-refractivity contribution is 6.30. The van der Waals surface area contributed by atoms with Gasteiger partial charge in [-0.05, 0) is 27.2 Å². The van der Waals surface area contributed by atoms with Crippen molar-refractivity contribution >= 4 is 34.4 Å². The molecule has 2 aromatic heterocycles. The van der Waals surface area contributed by atoms with E-state index in [0.29, 0.717) is 10.8 Å². The number of aromatic nitrogens is 3. The summed E-state index contributed by atoms with van der Waals surface area (Å²) in [5, 5.41) is 6.51. The topological polar surface area (TPSA) is 90.3 Å². The Hall–Kier alpha value is -1.90. The fourth-order valence-corrected chi connectivity index (χ4v) is 5.41. The molecule has 0 bridgehead atoms. The van der Waals surface area contributed by atoms with E-state index in [1.165, 1.54) is 0 Å². The molecule has 0 spiro atoms. The maximum absolute atomic E-state index is 12.8. The van der Waals surface area contributed by atoms with E-state index in [2.05, 4.69) is 20.6 Å². The molecule has 0 unspecified atom stereocenters. The zero-order chi connectivity index (χ0) is 19.8. The summed E-state index contributed by atoms with van der Waals surface area (Å²) in [6.07, 6.45) is 2.01. The summed E-state index contributed by atoms with van der Waals surface area (Å²) in [5.74, 6) is -0.613. The Kier molecular flexibility index (Phi) is 3.76. The van der Waals surface area contributed by atoms with E-state index >= 15 is 0 Å². The quantitative estimate of drug-likeness (QED) is 0.759. The number of pyridine rings is 1. The van der Waals surface area contributed by atoms with Crippen molar-refractivity contribution in [1.82, 2.24) is 19.9 Å². The second kappa shape index (κ2) is 5.81. The van der Waals surface area contributed by atoms with Gasteiger partial charge >= 0.3 is 0 Å². The number of rotatable bonds is 4. The van der Waals surface area contributed by atoms with E-state index in [-0.39, 0.29) is 30.1 Å². The van der Waals surface area contributed by atoms with E-state index in [0.717, 1.165) is 24.2 Å². The largest absolute Gasteiger partial charge is 0.383 e. The van der Waals surface area contributed by atoms with E-state index < -0.39 is 11.2 Å². The van der Waals surface area contributed by atoms with Gasteiger partial charge in [-0.2, -0.15) is 0 Å². The number of amides is 1. The molecule has 1 saturated heterocycles. The zero-order valence-corrected chi connectivity index (χ0v) is 17.1. The third kappa shape index (κ3) is 2.28. The number of ether oxygens (including phenoxy) is 2. The minimum atomic E-state index is -0.738. The highest BCUT2D eigenvalue weighted by atomic mass is 35.5. The SMILES string of the molecule is CCNc1cc(Cl)nc2c1ncn2[C@H]1[C@@H]2OC(C)(C)O[C@@H]2[C@]2(C(=O)NC)C[C@H]12. The van der Waals surface area contributed by atoms with Gasteiger partial charge in [0, 0.05) is 25.6 Å². The normalized spacial score (nSPS) is 34.9. The monoisotopic (exact) mass is 405 g/mol. The van der Waals surface area contributed by atoms with Crippen LogP contribution in [0.2, 0.25) is 5.15 Å². The van der Waals surface area contributed by atoms with Crippen LogP contribution in [-0.4, -0.2) is 52.0 Å². The van der Waals surface area contributed by atoms with E-state index in [1.54, 1.807) is 19.4 Å². The molecule has 1 aliphatic heterocycles. The van der Waals surface area contributed by atoms with Crippen LogP contribution in [0.1, 0.15) is 33.2 Å². The van der Waals surface area contributed by atoms with Crippen LogP contribution in [0.15, 0.2) is 12.4 Å². The van der Waals surface area contributed by atoms with Crippen LogP contribution >= 0.6 is 11.6 Å². The smallest absolute Gasteiger partial charge is 0.229 e. The number of anilines is 1. The first kappa shape index (κ1) is 18.1. The molecule has 2 aromatic rings. The molecule has 8 nitrogen and oxygen atoms in total. The molecule has 9 heteroatoms. The lowest BCUT2D eigenvalue weighted by atomic mass is 9.98. The molecule has 3 fully saturated rings. The Balaban J connectivity index is 1.63. The van der Waals surface area contributed by atoms with Crippen LogP contribution in [0.3, 0.4) is 0 Å². The predicted octanol–water partition coefficient (Wildman–Crippen LogP) is 2.34. The molecule has 28 heavy (non-hydrogen) atoms. The van der Waals surface area contributed by atoms with Crippen molar-refractivity contribution in [2.75, 3.05) is 18.9 Å². The van der Waals surface area contributed by atoms with Crippen molar-refractivity contribution in [3.63, 3.8) is 0 Å². The summed E-state index contributed by atoms with van der Waals surface area (Å²) < 4.78 is 14.5. The first-order chi connectivity index (χ1) is 13.3. The van der Waals surface area contributed by atoms with Crippen molar-refractivity contribution in [3.05, 3.63) is 17.5 Å². The number of fused-ring (bicyclic) bond motifs is 4. The molecule has 1 amide bonds. The van der Waals surface area contributed by atoms with Gasteiger partial charge < -0.3 is 24.7 Å². The molecular formula is C19H24ClN5O3. The third-order valence-electron chi connectivity index (χ3n) is 6.28. The number of nitrogens with one attached hydrogen (secondary N) is 2. The summed E-state index contributed by atoms with van der Waals surface area (Å²) in [4.78, 5) is 21.9. The number of carbonyl (C=O) groups excluding carboxylic acids is 1. The lowest BCUT2D eigenvalue weighted by Gasteiger charge is -2.24. The van der Waals surface area contributed by atoms with Crippen LogP contribution in [0, 0.1) is 11.3 Å². The molecule has 3 aliphatic rings. The van der Waals surface area contributed by atoms with Crippen molar-refractivity contribution < 1.29 is 14.3 Å². The van der Waals surface area contributed by atoms with Crippen molar-refractivity contribution in [2.45, 2.75) is 51.2 Å². The summed E-state index contributed by atoms with van der Waals surface area (Å²) in [7, 11) is 1.67. The van der Waals surface area contributed by atoms with Crippen LogP contribution in [-0.2, 0) is 14.3 Å². The van der Waals surface area contributed by atoms with Crippen molar-refractivity contribution in [3.8, 4) is 0 Å². The highest BCUT2D eigenvalue weighted by Gasteiger charge is 2.79. The molecule has 0 aromatic carbocycles. The van der Waals surface area contributed by atoms with E-state index in [4.69, 9.17) is 21.1 Å². The second-order valence-corrected chi connectivity index (χ2v) is 8.68. The minimum Gasteiger partial charge on any atom is -0.383 e. The van der Waals surface area contributed by atoms with Gasteiger partial charge in [-0.3, -0.25) is 4.79 Å². The molecular weight excluding hydrogens is 382 g/mol. The van der Waals surface area contributed by atoms with E-state index in [1.807, 2.05) is 25.3 Å². The van der Waals surface area contributed by atoms with Gasteiger partial charge in [0.05, 0.1) is 23.5 Å². The Labute approximate surface area is 167 Å². The molecule has 150 valence electrons. The summed E-state index contributed by atoms with van der Waals surface area (Å²) >= 11 is 6.29. The summed E-state index contributed by atoms with van der Waals surface area (Å²) in [6.45, 7) is 6.56. The van der Waals surface area contributed by atoms with Crippen LogP contribution < -0.4 is 10.6 Å². The van der Waals surface area contributed by atoms with Gasteiger partial charge in [-0.25, -0.2) is 9.97 Å². The Bertz CT molecular complexity index is 976.